The number of carbonyl (C=O) groups is 2. The maximum Gasteiger partial charge on any atom is 0.282 e. The quantitative estimate of drug-likeness (QED) is 0.690. The lowest BCUT2D eigenvalue weighted by Crippen LogP contribution is -2.35. The van der Waals surface area contributed by atoms with Gasteiger partial charge in [-0.15, -0.1) is 0 Å². The number of likely N-dealkylation sites (N-methyl/N-ethyl adjacent to an activating group) is 1. The molecule has 0 atom stereocenters. The second-order valence-electron chi connectivity index (χ2n) is 6.44. The minimum absolute atomic E-state index is 0.146. The fourth-order valence-corrected chi connectivity index (χ4v) is 3.29. The number of imide groups is 1. The van der Waals surface area contributed by atoms with Gasteiger partial charge in [0, 0.05) is 13.6 Å². The van der Waals surface area contributed by atoms with Gasteiger partial charge in [0.2, 0.25) is 0 Å². The van der Waals surface area contributed by atoms with Gasteiger partial charge in [-0.2, -0.15) is 0 Å². The van der Waals surface area contributed by atoms with Crippen LogP contribution in [0.5, 0.6) is 11.5 Å². The van der Waals surface area contributed by atoms with Gasteiger partial charge in [-0.05, 0) is 36.8 Å². The molecule has 0 bridgehead atoms. The van der Waals surface area contributed by atoms with Gasteiger partial charge >= 0.3 is 0 Å². The summed E-state index contributed by atoms with van der Waals surface area (Å²) >= 11 is 0. The van der Waals surface area contributed by atoms with Gasteiger partial charge in [-0.1, -0.05) is 24.3 Å². The number of amides is 2. The molecular formula is C22H24N2O5. The van der Waals surface area contributed by atoms with Crippen molar-refractivity contribution in [2.45, 2.75) is 6.92 Å². The van der Waals surface area contributed by atoms with E-state index in [0.717, 1.165) is 4.90 Å². The lowest BCUT2D eigenvalue weighted by Gasteiger charge is -2.21. The van der Waals surface area contributed by atoms with Gasteiger partial charge in [0.1, 0.15) is 17.2 Å². The molecule has 29 heavy (non-hydrogen) atoms. The SMILES string of the molecule is CCOc1ccccc1N1C(=O)C(c2ccc(OC)cc2)=C(N(C)CCO)C1=O. The van der Waals surface area contributed by atoms with E-state index in [1.165, 1.54) is 0 Å². The molecule has 0 saturated heterocycles. The van der Waals surface area contributed by atoms with E-state index in [1.54, 1.807) is 67.6 Å². The molecular weight excluding hydrogens is 372 g/mol. The number of para-hydroxylation sites is 2. The number of benzene rings is 2. The first-order valence-corrected chi connectivity index (χ1v) is 9.34. The number of hydrogen-bond donors (Lipinski definition) is 1. The molecule has 2 aromatic rings. The number of carbonyl (C=O) groups excluding carboxylic acids is 2. The van der Waals surface area contributed by atoms with Crippen LogP contribution in [0.4, 0.5) is 5.69 Å². The molecule has 0 radical (unpaired) electrons. The highest BCUT2D eigenvalue weighted by Crippen LogP contribution is 2.38. The second kappa shape index (κ2) is 8.79. The number of rotatable bonds is 8. The number of nitrogens with zero attached hydrogens (tertiary/aromatic N) is 2. The monoisotopic (exact) mass is 396 g/mol. The fourth-order valence-electron chi connectivity index (χ4n) is 3.29. The number of ether oxygens (including phenoxy) is 2. The van der Waals surface area contributed by atoms with Crippen molar-refractivity contribution >= 4 is 23.1 Å². The van der Waals surface area contributed by atoms with Crippen molar-refractivity contribution in [3.63, 3.8) is 0 Å². The summed E-state index contributed by atoms with van der Waals surface area (Å²) in [4.78, 5) is 29.5. The van der Waals surface area contributed by atoms with Crippen LogP contribution < -0.4 is 14.4 Å². The Morgan fingerprint density at radius 3 is 2.34 bits per heavy atom. The van der Waals surface area contributed by atoms with E-state index in [0.29, 0.717) is 29.4 Å². The second-order valence-corrected chi connectivity index (χ2v) is 6.44. The van der Waals surface area contributed by atoms with Crippen LogP contribution in [0.3, 0.4) is 0 Å². The van der Waals surface area contributed by atoms with Crippen molar-refractivity contribution in [1.82, 2.24) is 4.90 Å². The molecule has 1 aliphatic rings. The molecule has 7 nitrogen and oxygen atoms in total. The van der Waals surface area contributed by atoms with Crippen molar-refractivity contribution in [2.24, 2.45) is 0 Å². The van der Waals surface area contributed by atoms with Gasteiger partial charge in [0.15, 0.2) is 0 Å². The average molecular weight is 396 g/mol. The van der Waals surface area contributed by atoms with E-state index in [4.69, 9.17) is 9.47 Å². The zero-order chi connectivity index (χ0) is 21.0. The Bertz CT molecular complexity index is 936. The van der Waals surface area contributed by atoms with Crippen LogP contribution in [0.25, 0.3) is 5.57 Å². The third kappa shape index (κ3) is 3.82. The molecule has 0 aliphatic carbocycles. The van der Waals surface area contributed by atoms with E-state index in [-0.39, 0.29) is 24.4 Å². The van der Waals surface area contributed by atoms with Gasteiger partial charge in [-0.3, -0.25) is 9.59 Å². The number of anilines is 1. The Balaban J connectivity index is 2.12. The van der Waals surface area contributed by atoms with Crippen LogP contribution in [-0.2, 0) is 9.59 Å². The summed E-state index contributed by atoms with van der Waals surface area (Å²) in [6.07, 6.45) is 0. The van der Waals surface area contributed by atoms with Crippen LogP contribution >= 0.6 is 0 Å². The van der Waals surface area contributed by atoms with Crippen LogP contribution in [0.15, 0.2) is 54.2 Å². The Morgan fingerprint density at radius 2 is 1.72 bits per heavy atom. The number of hydrogen-bond acceptors (Lipinski definition) is 6. The van der Waals surface area contributed by atoms with Gasteiger partial charge in [-0.25, -0.2) is 4.90 Å². The lowest BCUT2D eigenvalue weighted by molar-refractivity contribution is -0.120. The zero-order valence-electron chi connectivity index (χ0n) is 16.7. The average Bonchev–Trinajstić information content (AvgIpc) is 2.99. The standard InChI is InChI=1S/C22H24N2O5/c1-4-29-18-8-6-5-7-17(18)24-21(26)19(15-9-11-16(28-3)12-10-15)20(22(24)27)23(2)13-14-25/h5-12,25H,4,13-14H2,1-3H3. The topological polar surface area (TPSA) is 79.3 Å². The van der Waals surface area contributed by atoms with E-state index in [1.807, 2.05) is 6.92 Å². The Labute approximate surface area is 169 Å². The fraction of sp³-hybridized carbons (Fsp3) is 0.273. The summed E-state index contributed by atoms with van der Waals surface area (Å²) in [5.41, 5.74) is 1.50. The zero-order valence-corrected chi connectivity index (χ0v) is 16.7. The van der Waals surface area contributed by atoms with Crippen molar-refractivity contribution < 1.29 is 24.2 Å². The number of methoxy groups -OCH3 is 1. The molecule has 2 aromatic carbocycles. The summed E-state index contributed by atoms with van der Waals surface area (Å²) < 4.78 is 10.8. The smallest absolute Gasteiger partial charge is 0.282 e. The third-order valence-electron chi connectivity index (χ3n) is 4.66. The highest BCUT2D eigenvalue weighted by Gasteiger charge is 2.42. The highest BCUT2D eigenvalue weighted by molar-refractivity contribution is 6.45. The molecule has 1 aliphatic heterocycles. The van der Waals surface area contributed by atoms with Gasteiger partial charge in [0.25, 0.3) is 11.8 Å². The first-order valence-electron chi connectivity index (χ1n) is 9.34. The van der Waals surface area contributed by atoms with Crippen molar-refractivity contribution in [1.29, 1.82) is 0 Å². The van der Waals surface area contributed by atoms with Crippen molar-refractivity contribution in [2.75, 3.05) is 38.8 Å². The maximum absolute atomic E-state index is 13.4. The molecule has 3 rings (SSSR count). The molecule has 152 valence electrons. The van der Waals surface area contributed by atoms with E-state index in [2.05, 4.69) is 0 Å². The summed E-state index contributed by atoms with van der Waals surface area (Å²) in [5.74, 6) is 0.211. The van der Waals surface area contributed by atoms with E-state index in [9.17, 15) is 14.7 Å². The number of aliphatic hydroxyl groups is 1. The Hall–Kier alpha value is -3.32. The van der Waals surface area contributed by atoms with E-state index < -0.39 is 11.8 Å². The maximum atomic E-state index is 13.4. The normalized spacial score (nSPS) is 13.9. The molecule has 7 heteroatoms. The van der Waals surface area contributed by atoms with Crippen LogP contribution in [0.2, 0.25) is 0 Å². The number of aliphatic hydroxyl groups excluding tert-OH is 1. The molecule has 2 amide bonds. The predicted octanol–water partition coefficient (Wildman–Crippen LogP) is 2.30. The van der Waals surface area contributed by atoms with Crippen LogP contribution in [-0.4, -0.2) is 55.7 Å². The van der Waals surface area contributed by atoms with Gasteiger partial charge in [0.05, 0.1) is 31.6 Å². The van der Waals surface area contributed by atoms with E-state index >= 15 is 0 Å². The lowest BCUT2D eigenvalue weighted by atomic mass is 10.0. The summed E-state index contributed by atoms with van der Waals surface area (Å²) in [6.45, 7) is 2.32. The molecule has 0 fully saturated rings. The molecule has 0 spiro atoms. The third-order valence-corrected chi connectivity index (χ3v) is 4.66. The van der Waals surface area contributed by atoms with Crippen molar-refractivity contribution in [3.05, 3.63) is 59.8 Å². The van der Waals surface area contributed by atoms with Crippen LogP contribution in [0, 0.1) is 0 Å². The highest BCUT2D eigenvalue weighted by atomic mass is 16.5. The molecule has 0 unspecified atom stereocenters. The predicted molar refractivity (Wildman–Crippen MR) is 110 cm³/mol. The first kappa shape index (κ1) is 20.4. The molecule has 1 N–H and O–H groups in total. The summed E-state index contributed by atoms with van der Waals surface area (Å²) in [7, 11) is 3.24. The summed E-state index contributed by atoms with van der Waals surface area (Å²) in [6, 6.07) is 13.9. The Kier molecular flexibility index (Phi) is 6.19. The Morgan fingerprint density at radius 1 is 1.03 bits per heavy atom. The van der Waals surface area contributed by atoms with Crippen LogP contribution in [0.1, 0.15) is 12.5 Å². The molecule has 0 aromatic heterocycles. The minimum atomic E-state index is -0.455. The molecule has 0 saturated carbocycles. The summed E-state index contributed by atoms with van der Waals surface area (Å²) in [5, 5.41) is 9.36. The van der Waals surface area contributed by atoms with Gasteiger partial charge < -0.3 is 19.5 Å². The largest absolute Gasteiger partial charge is 0.497 e. The van der Waals surface area contributed by atoms with Crippen molar-refractivity contribution in [3.8, 4) is 11.5 Å². The minimum Gasteiger partial charge on any atom is -0.497 e. The first-order chi connectivity index (χ1) is 14.0. The molecule has 1 heterocycles.